The lowest BCUT2D eigenvalue weighted by Gasteiger charge is -2.26. The Labute approximate surface area is 137 Å². The van der Waals surface area contributed by atoms with Gasteiger partial charge in [-0.25, -0.2) is 4.90 Å². The van der Waals surface area contributed by atoms with Crippen molar-refractivity contribution < 1.29 is 29.0 Å². The summed E-state index contributed by atoms with van der Waals surface area (Å²) in [5.74, 6) is -2.38. The number of nitrogens with zero attached hydrogens (tertiary/aromatic N) is 1. The molecule has 24 heavy (non-hydrogen) atoms. The quantitative estimate of drug-likeness (QED) is 0.374. The van der Waals surface area contributed by atoms with Gasteiger partial charge in [0.2, 0.25) is 11.8 Å². The summed E-state index contributed by atoms with van der Waals surface area (Å²) < 4.78 is 10.7. The monoisotopic (exact) mass is 329 g/mol. The second-order valence-corrected chi connectivity index (χ2v) is 6.16. The Morgan fingerprint density at radius 3 is 2.88 bits per heavy atom. The molecule has 2 amide bonds. The van der Waals surface area contributed by atoms with E-state index in [0.29, 0.717) is 5.69 Å². The number of anilines is 1. The third-order valence-corrected chi connectivity index (χ3v) is 4.74. The van der Waals surface area contributed by atoms with Crippen LogP contribution >= 0.6 is 0 Å². The van der Waals surface area contributed by atoms with Crippen LogP contribution in [-0.2, 0) is 19.1 Å². The minimum Gasteiger partial charge on any atom is -0.427 e. The van der Waals surface area contributed by atoms with E-state index < -0.39 is 35.4 Å². The van der Waals surface area contributed by atoms with Crippen molar-refractivity contribution in [2.45, 2.75) is 18.6 Å². The molecule has 1 aromatic carbocycles. The summed E-state index contributed by atoms with van der Waals surface area (Å²) in [6.07, 6.45) is 2.89. The molecular weight excluding hydrogens is 314 g/mol. The van der Waals surface area contributed by atoms with Gasteiger partial charge in [0.15, 0.2) is 0 Å². The number of aliphatic hydroxyl groups excluding tert-OH is 1. The maximum Gasteiger partial charge on any atom is 0.308 e. The molecule has 4 rings (SSSR count). The fourth-order valence-electron chi connectivity index (χ4n) is 3.79. The van der Waals surface area contributed by atoms with Crippen molar-refractivity contribution in [1.82, 2.24) is 0 Å². The van der Waals surface area contributed by atoms with Crippen LogP contribution in [0.4, 0.5) is 5.69 Å². The van der Waals surface area contributed by atoms with Crippen LogP contribution in [0.25, 0.3) is 0 Å². The maximum atomic E-state index is 12.9. The molecule has 7 nitrogen and oxygen atoms in total. The maximum absolute atomic E-state index is 12.9. The fourth-order valence-corrected chi connectivity index (χ4v) is 3.79. The smallest absolute Gasteiger partial charge is 0.308 e. The third-order valence-electron chi connectivity index (χ3n) is 4.74. The molecule has 1 N–H and O–H groups in total. The standard InChI is InChI=1S/C17H15NO6/c1-9(20)23-11-4-2-3-10(7-11)18-15(21)13-12-5-6-17(8-19,24-12)14(13)16(18)22/h2-7,12-14,19H,8H2,1H3/t12-,13+,14+,17+/m1/s1. The highest BCUT2D eigenvalue weighted by molar-refractivity contribution is 6.23. The molecule has 7 heteroatoms. The zero-order valence-electron chi connectivity index (χ0n) is 12.8. The van der Waals surface area contributed by atoms with Crippen molar-refractivity contribution in [2.75, 3.05) is 11.5 Å². The van der Waals surface area contributed by atoms with E-state index in [1.54, 1.807) is 30.4 Å². The summed E-state index contributed by atoms with van der Waals surface area (Å²) >= 11 is 0. The summed E-state index contributed by atoms with van der Waals surface area (Å²) in [4.78, 5) is 37.8. The Morgan fingerprint density at radius 1 is 1.38 bits per heavy atom. The van der Waals surface area contributed by atoms with Crippen molar-refractivity contribution in [1.29, 1.82) is 0 Å². The minimum atomic E-state index is -1.12. The molecule has 4 atom stereocenters. The normalized spacial score (nSPS) is 33.2. The fraction of sp³-hybridized carbons (Fsp3) is 0.353. The topological polar surface area (TPSA) is 93.1 Å². The first-order valence-corrected chi connectivity index (χ1v) is 7.61. The molecule has 2 saturated heterocycles. The molecule has 0 spiro atoms. The highest BCUT2D eigenvalue weighted by atomic mass is 16.5. The molecule has 0 radical (unpaired) electrons. The summed E-state index contributed by atoms with van der Waals surface area (Å²) in [7, 11) is 0. The van der Waals surface area contributed by atoms with Crippen LogP contribution in [0.2, 0.25) is 0 Å². The largest absolute Gasteiger partial charge is 0.427 e. The van der Waals surface area contributed by atoms with Gasteiger partial charge in [-0.3, -0.25) is 14.4 Å². The van der Waals surface area contributed by atoms with Gasteiger partial charge in [0, 0.05) is 13.0 Å². The van der Waals surface area contributed by atoms with E-state index in [1.807, 2.05) is 0 Å². The number of carbonyl (C=O) groups is 3. The molecule has 0 aliphatic carbocycles. The van der Waals surface area contributed by atoms with Crippen LogP contribution in [0.1, 0.15) is 6.92 Å². The van der Waals surface area contributed by atoms with Gasteiger partial charge >= 0.3 is 5.97 Å². The van der Waals surface area contributed by atoms with E-state index in [0.717, 1.165) is 4.90 Å². The number of ether oxygens (including phenoxy) is 2. The zero-order valence-corrected chi connectivity index (χ0v) is 12.8. The third kappa shape index (κ3) is 1.88. The second kappa shape index (κ2) is 4.99. The first kappa shape index (κ1) is 15.0. The zero-order chi connectivity index (χ0) is 17.1. The van der Waals surface area contributed by atoms with Gasteiger partial charge in [0.25, 0.3) is 0 Å². The lowest BCUT2D eigenvalue weighted by Crippen LogP contribution is -2.43. The van der Waals surface area contributed by atoms with E-state index >= 15 is 0 Å². The minimum absolute atomic E-state index is 0.256. The van der Waals surface area contributed by atoms with Gasteiger partial charge in [0.05, 0.1) is 30.2 Å². The van der Waals surface area contributed by atoms with Crippen molar-refractivity contribution >= 4 is 23.5 Å². The molecule has 3 heterocycles. The van der Waals surface area contributed by atoms with Crippen LogP contribution in [0.5, 0.6) is 5.75 Å². The number of hydrogen-bond acceptors (Lipinski definition) is 6. The number of hydrogen-bond donors (Lipinski definition) is 1. The molecule has 1 aromatic rings. The number of benzene rings is 1. The van der Waals surface area contributed by atoms with Crippen LogP contribution in [0.3, 0.4) is 0 Å². The van der Waals surface area contributed by atoms with Crippen LogP contribution in [0.15, 0.2) is 36.4 Å². The average molecular weight is 329 g/mol. The molecule has 0 aromatic heterocycles. The molecular formula is C17H15NO6. The predicted molar refractivity (Wildman–Crippen MR) is 81.1 cm³/mol. The number of esters is 1. The molecule has 2 fully saturated rings. The first-order valence-electron chi connectivity index (χ1n) is 7.61. The Morgan fingerprint density at radius 2 is 2.17 bits per heavy atom. The molecule has 0 unspecified atom stereocenters. The van der Waals surface area contributed by atoms with Crippen LogP contribution in [0, 0.1) is 11.8 Å². The Hall–Kier alpha value is -2.51. The summed E-state index contributed by atoms with van der Waals surface area (Å²) in [6, 6.07) is 6.25. The van der Waals surface area contributed by atoms with Gasteiger partial charge in [-0.1, -0.05) is 18.2 Å². The molecule has 124 valence electrons. The van der Waals surface area contributed by atoms with Gasteiger partial charge in [-0.05, 0) is 12.1 Å². The lowest BCUT2D eigenvalue weighted by molar-refractivity contribution is -0.132. The number of fused-ring (bicyclic) bond motifs is 5. The predicted octanol–water partition coefficient (Wildman–Crippen LogP) is 0.417. The van der Waals surface area contributed by atoms with E-state index in [2.05, 4.69) is 0 Å². The number of rotatable bonds is 3. The van der Waals surface area contributed by atoms with Gasteiger partial charge in [-0.15, -0.1) is 0 Å². The highest BCUT2D eigenvalue weighted by Gasteiger charge is 2.67. The highest BCUT2D eigenvalue weighted by Crippen LogP contribution is 2.52. The Balaban J connectivity index is 1.71. The van der Waals surface area contributed by atoms with E-state index in [9.17, 15) is 19.5 Å². The van der Waals surface area contributed by atoms with Gasteiger partial charge in [0.1, 0.15) is 11.4 Å². The van der Waals surface area contributed by atoms with Gasteiger partial charge in [-0.2, -0.15) is 0 Å². The number of aliphatic hydroxyl groups is 1. The Bertz CT molecular complexity index is 787. The van der Waals surface area contributed by atoms with Crippen LogP contribution in [-0.4, -0.2) is 41.2 Å². The van der Waals surface area contributed by atoms with Crippen molar-refractivity contribution in [2.24, 2.45) is 11.8 Å². The molecule has 3 aliphatic rings. The molecule has 0 saturated carbocycles. The van der Waals surface area contributed by atoms with Crippen molar-refractivity contribution in [3.05, 3.63) is 36.4 Å². The Kier molecular flexibility index (Phi) is 3.13. The number of carbonyl (C=O) groups excluding carboxylic acids is 3. The van der Waals surface area contributed by atoms with E-state index in [-0.39, 0.29) is 18.3 Å². The number of amides is 2. The summed E-state index contributed by atoms with van der Waals surface area (Å²) in [5, 5.41) is 9.68. The van der Waals surface area contributed by atoms with E-state index in [4.69, 9.17) is 9.47 Å². The molecule has 2 bridgehead atoms. The first-order chi connectivity index (χ1) is 11.5. The SMILES string of the molecule is CC(=O)Oc1cccc(N2C(=O)[C@@H]3[C@@H](C2=O)[C@@]2(CO)C=C[C@H]3O2)c1. The van der Waals surface area contributed by atoms with Crippen LogP contribution < -0.4 is 9.64 Å². The van der Waals surface area contributed by atoms with Gasteiger partial charge < -0.3 is 14.6 Å². The average Bonchev–Trinajstić information content (AvgIpc) is 3.18. The summed E-state index contributed by atoms with van der Waals surface area (Å²) in [6.45, 7) is 0.913. The number of imide groups is 1. The van der Waals surface area contributed by atoms with E-state index in [1.165, 1.54) is 13.0 Å². The second-order valence-electron chi connectivity index (χ2n) is 6.16. The van der Waals surface area contributed by atoms with Crippen molar-refractivity contribution in [3.63, 3.8) is 0 Å². The molecule has 3 aliphatic heterocycles. The van der Waals surface area contributed by atoms with Crippen molar-refractivity contribution in [3.8, 4) is 5.75 Å². The lowest BCUT2D eigenvalue weighted by atomic mass is 9.77. The summed E-state index contributed by atoms with van der Waals surface area (Å²) in [5.41, 5.74) is -0.782.